The lowest BCUT2D eigenvalue weighted by Crippen LogP contribution is -2.32. The number of aliphatic hydroxyl groups excluding tert-OH is 1. The average Bonchev–Trinajstić information content (AvgIpc) is 2.38. The van der Waals surface area contributed by atoms with Crippen molar-refractivity contribution in [1.82, 2.24) is 4.31 Å². The van der Waals surface area contributed by atoms with Gasteiger partial charge in [-0.15, -0.1) is 0 Å². The SMILES string of the molecule is CCN(CCCO)S(=O)(=O)c1ccc([N+](=O)[O-])cc1C. The van der Waals surface area contributed by atoms with Gasteiger partial charge in [-0.3, -0.25) is 10.1 Å². The third-order valence-corrected chi connectivity index (χ3v) is 5.04. The van der Waals surface area contributed by atoms with E-state index in [1.807, 2.05) is 0 Å². The summed E-state index contributed by atoms with van der Waals surface area (Å²) >= 11 is 0. The van der Waals surface area contributed by atoms with Crippen LogP contribution in [0.1, 0.15) is 18.9 Å². The van der Waals surface area contributed by atoms with Crippen molar-refractivity contribution in [3.63, 3.8) is 0 Å². The summed E-state index contributed by atoms with van der Waals surface area (Å²) in [6.07, 6.45) is 0.346. The molecule has 0 fully saturated rings. The Kier molecular flexibility index (Phi) is 5.61. The van der Waals surface area contributed by atoms with Crippen molar-refractivity contribution in [2.24, 2.45) is 0 Å². The van der Waals surface area contributed by atoms with Crippen LogP contribution in [0.3, 0.4) is 0 Å². The molecule has 0 bridgehead atoms. The third kappa shape index (κ3) is 3.53. The predicted molar refractivity (Wildman–Crippen MR) is 74.0 cm³/mol. The van der Waals surface area contributed by atoms with Crippen LogP contribution in [-0.4, -0.2) is 42.4 Å². The van der Waals surface area contributed by atoms with Crippen molar-refractivity contribution in [3.8, 4) is 0 Å². The van der Waals surface area contributed by atoms with Crippen molar-refractivity contribution < 1.29 is 18.4 Å². The molecule has 0 saturated heterocycles. The lowest BCUT2D eigenvalue weighted by atomic mass is 10.2. The summed E-state index contributed by atoms with van der Waals surface area (Å²) in [5.41, 5.74) is 0.196. The largest absolute Gasteiger partial charge is 0.396 e. The molecule has 0 aromatic heterocycles. The Morgan fingerprint density at radius 3 is 2.50 bits per heavy atom. The number of aliphatic hydroxyl groups is 1. The molecule has 7 nitrogen and oxygen atoms in total. The molecule has 8 heteroatoms. The zero-order chi connectivity index (χ0) is 15.3. The van der Waals surface area contributed by atoms with Gasteiger partial charge in [0.2, 0.25) is 10.0 Å². The van der Waals surface area contributed by atoms with E-state index in [0.717, 1.165) is 0 Å². The first-order valence-corrected chi connectivity index (χ1v) is 7.64. The highest BCUT2D eigenvalue weighted by Gasteiger charge is 2.25. The van der Waals surface area contributed by atoms with Crippen molar-refractivity contribution in [3.05, 3.63) is 33.9 Å². The van der Waals surface area contributed by atoms with Crippen LogP contribution in [0.2, 0.25) is 0 Å². The van der Waals surface area contributed by atoms with Crippen molar-refractivity contribution in [1.29, 1.82) is 0 Å². The van der Waals surface area contributed by atoms with Crippen LogP contribution < -0.4 is 0 Å². The molecule has 1 aromatic carbocycles. The second-order valence-electron chi connectivity index (χ2n) is 4.28. The quantitative estimate of drug-likeness (QED) is 0.604. The number of rotatable bonds is 7. The molecule has 0 aliphatic carbocycles. The first kappa shape index (κ1) is 16.5. The first-order chi connectivity index (χ1) is 9.34. The second-order valence-corrected chi connectivity index (χ2v) is 6.19. The van der Waals surface area contributed by atoms with Gasteiger partial charge in [-0.25, -0.2) is 8.42 Å². The fourth-order valence-electron chi connectivity index (χ4n) is 1.87. The summed E-state index contributed by atoms with van der Waals surface area (Å²) in [7, 11) is -3.70. The van der Waals surface area contributed by atoms with E-state index in [0.29, 0.717) is 12.0 Å². The van der Waals surface area contributed by atoms with Gasteiger partial charge in [0.1, 0.15) is 0 Å². The van der Waals surface area contributed by atoms with Crippen LogP contribution in [0.25, 0.3) is 0 Å². The molecule has 0 aliphatic heterocycles. The highest BCUT2D eigenvalue weighted by molar-refractivity contribution is 7.89. The van der Waals surface area contributed by atoms with Crippen LogP contribution in [0, 0.1) is 17.0 Å². The van der Waals surface area contributed by atoms with Gasteiger partial charge in [-0.1, -0.05) is 6.92 Å². The van der Waals surface area contributed by atoms with Gasteiger partial charge in [0.05, 0.1) is 9.82 Å². The number of aryl methyl sites for hydroxylation is 1. The van der Waals surface area contributed by atoms with E-state index in [1.165, 1.54) is 29.4 Å². The van der Waals surface area contributed by atoms with Gasteiger partial charge in [-0.05, 0) is 25.0 Å². The van der Waals surface area contributed by atoms with E-state index in [1.54, 1.807) is 6.92 Å². The number of nitrogens with zero attached hydrogens (tertiary/aromatic N) is 2. The summed E-state index contributed by atoms with van der Waals surface area (Å²) in [5.74, 6) is 0. The zero-order valence-electron chi connectivity index (χ0n) is 11.4. The van der Waals surface area contributed by atoms with Gasteiger partial charge in [0.15, 0.2) is 0 Å². The maximum absolute atomic E-state index is 12.4. The fourth-order valence-corrected chi connectivity index (χ4v) is 3.56. The lowest BCUT2D eigenvalue weighted by molar-refractivity contribution is -0.385. The summed E-state index contributed by atoms with van der Waals surface area (Å²) in [5, 5.41) is 19.5. The van der Waals surface area contributed by atoms with Crippen LogP contribution >= 0.6 is 0 Å². The highest BCUT2D eigenvalue weighted by atomic mass is 32.2. The summed E-state index contributed by atoms with van der Waals surface area (Å²) in [6.45, 7) is 3.63. The number of sulfonamides is 1. The number of hydrogen-bond acceptors (Lipinski definition) is 5. The standard InChI is InChI=1S/C12H18N2O5S/c1-3-13(7-4-8-15)20(18,19)12-6-5-11(14(16)17)9-10(12)2/h5-6,9,15H,3-4,7-8H2,1-2H3. The van der Waals surface area contributed by atoms with E-state index in [4.69, 9.17) is 5.11 Å². The molecule has 0 atom stereocenters. The Hall–Kier alpha value is -1.51. The normalized spacial score (nSPS) is 11.8. The Bertz CT molecular complexity index is 586. The molecule has 0 unspecified atom stereocenters. The summed E-state index contributed by atoms with van der Waals surface area (Å²) in [6, 6.07) is 3.68. The second kappa shape index (κ2) is 6.78. The molecular weight excluding hydrogens is 284 g/mol. The minimum atomic E-state index is -3.70. The number of hydrogen-bond donors (Lipinski definition) is 1. The molecule has 1 rings (SSSR count). The minimum Gasteiger partial charge on any atom is -0.396 e. The predicted octanol–water partition coefficient (Wildman–Crippen LogP) is 1.30. The maximum atomic E-state index is 12.4. The van der Waals surface area contributed by atoms with Crippen molar-refractivity contribution >= 4 is 15.7 Å². The number of nitro groups is 1. The molecule has 20 heavy (non-hydrogen) atoms. The molecule has 1 aromatic rings. The number of benzene rings is 1. The topological polar surface area (TPSA) is 101 Å². The highest BCUT2D eigenvalue weighted by Crippen LogP contribution is 2.24. The van der Waals surface area contributed by atoms with E-state index in [-0.39, 0.29) is 30.3 Å². The molecule has 0 aliphatic rings. The van der Waals surface area contributed by atoms with Gasteiger partial charge in [0, 0.05) is 31.8 Å². The fraction of sp³-hybridized carbons (Fsp3) is 0.500. The Balaban J connectivity index is 3.17. The van der Waals surface area contributed by atoms with E-state index >= 15 is 0 Å². The first-order valence-electron chi connectivity index (χ1n) is 6.20. The van der Waals surface area contributed by atoms with Crippen LogP contribution in [0.5, 0.6) is 0 Å². The smallest absolute Gasteiger partial charge is 0.269 e. The van der Waals surface area contributed by atoms with Crippen molar-refractivity contribution in [2.45, 2.75) is 25.2 Å². The van der Waals surface area contributed by atoms with Crippen LogP contribution in [0.15, 0.2) is 23.1 Å². The maximum Gasteiger partial charge on any atom is 0.269 e. The van der Waals surface area contributed by atoms with Gasteiger partial charge in [-0.2, -0.15) is 4.31 Å². The Morgan fingerprint density at radius 2 is 2.05 bits per heavy atom. The molecule has 1 N–H and O–H groups in total. The van der Waals surface area contributed by atoms with Crippen LogP contribution in [-0.2, 0) is 10.0 Å². The summed E-state index contributed by atoms with van der Waals surface area (Å²) in [4.78, 5) is 10.2. The molecule has 0 saturated carbocycles. The van der Waals surface area contributed by atoms with Gasteiger partial charge < -0.3 is 5.11 Å². The summed E-state index contributed by atoms with van der Waals surface area (Å²) < 4.78 is 26.1. The number of nitro benzene ring substituents is 1. The number of non-ortho nitro benzene ring substituents is 1. The third-order valence-electron chi connectivity index (χ3n) is 2.91. The molecule has 0 heterocycles. The van der Waals surface area contributed by atoms with Crippen molar-refractivity contribution in [2.75, 3.05) is 19.7 Å². The van der Waals surface area contributed by atoms with Gasteiger partial charge >= 0.3 is 0 Å². The molecule has 0 radical (unpaired) electrons. The monoisotopic (exact) mass is 302 g/mol. The minimum absolute atomic E-state index is 0.0582. The average molecular weight is 302 g/mol. The Labute approximate surface area is 118 Å². The Morgan fingerprint density at radius 1 is 1.40 bits per heavy atom. The molecular formula is C12H18N2O5S. The lowest BCUT2D eigenvalue weighted by Gasteiger charge is -2.21. The van der Waals surface area contributed by atoms with E-state index < -0.39 is 14.9 Å². The zero-order valence-corrected chi connectivity index (χ0v) is 12.3. The van der Waals surface area contributed by atoms with E-state index in [2.05, 4.69) is 0 Å². The molecule has 0 spiro atoms. The van der Waals surface area contributed by atoms with E-state index in [9.17, 15) is 18.5 Å². The van der Waals surface area contributed by atoms with Gasteiger partial charge in [0.25, 0.3) is 5.69 Å². The van der Waals surface area contributed by atoms with Crippen LogP contribution in [0.4, 0.5) is 5.69 Å². The molecule has 112 valence electrons. The molecule has 0 amide bonds.